The first-order valence-corrected chi connectivity index (χ1v) is 7.72. The molecule has 0 bridgehead atoms. The van der Waals surface area contributed by atoms with E-state index in [2.05, 4.69) is 34.0 Å². The smallest absolute Gasteiger partial charge is 0.313 e. The summed E-state index contributed by atoms with van der Waals surface area (Å²) in [5.41, 5.74) is 2.02. The van der Waals surface area contributed by atoms with Crippen LogP contribution in [0.5, 0.6) is 0 Å². The molecule has 2 N–H and O–H groups in total. The summed E-state index contributed by atoms with van der Waals surface area (Å²) in [5, 5.41) is 8.61. The fourth-order valence-corrected chi connectivity index (χ4v) is 3.28. The lowest BCUT2D eigenvalue weighted by molar-refractivity contribution is 0.548. The van der Waals surface area contributed by atoms with E-state index in [0.29, 0.717) is 29.0 Å². The maximum Gasteiger partial charge on any atom is 0.325 e. The fourth-order valence-electron chi connectivity index (χ4n) is 3.28. The minimum atomic E-state index is -0.527. The lowest BCUT2D eigenvalue weighted by atomic mass is 10.0. The Bertz CT molecular complexity index is 997. The Labute approximate surface area is 131 Å². The number of hydrogen-bond donors (Lipinski definition) is 2. The van der Waals surface area contributed by atoms with E-state index >= 15 is 0 Å². The van der Waals surface area contributed by atoms with Crippen molar-refractivity contribution in [3.05, 3.63) is 50.9 Å². The molecule has 0 spiro atoms. The molecule has 1 saturated carbocycles. The largest absolute Gasteiger partial charge is 0.325 e. The van der Waals surface area contributed by atoms with Gasteiger partial charge in [0.1, 0.15) is 5.69 Å². The molecule has 2 unspecified atom stereocenters. The van der Waals surface area contributed by atoms with Crippen molar-refractivity contribution in [1.29, 1.82) is 0 Å². The molecule has 0 saturated heterocycles. The minimum absolute atomic E-state index is 0.338. The third-order valence-electron chi connectivity index (χ3n) is 4.61. The average Bonchev–Trinajstić information content (AvgIpc) is 3.16. The van der Waals surface area contributed by atoms with E-state index in [1.165, 1.54) is 6.20 Å². The molecule has 0 aromatic carbocycles. The van der Waals surface area contributed by atoms with Gasteiger partial charge in [0.15, 0.2) is 0 Å². The van der Waals surface area contributed by atoms with Crippen molar-refractivity contribution in [2.75, 3.05) is 0 Å². The molecule has 0 amide bonds. The summed E-state index contributed by atoms with van der Waals surface area (Å²) in [6.07, 6.45) is 4.25. The van der Waals surface area contributed by atoms with Crippen LogP contribution in [0, 0.1) is 11.8 Å². The molecular weight excluding hydrogens is 294 g/mol. The van der Waals surface area contributed by atoms with Crippen LogP contribution in [-0.2, 0) is 0 Å². The molecule has 0 aliphatic heterocycles. The third-order valence-corrected chi connectivity index (χ3v) is 4.61. The molecule has 2 atom stereocenters. The number of aromatic nitrogens is 5. The van der Waals surface area contributed by atoms with Crippen LogP contribution in [0.1, 0.15) is 31.7 Å². The predicted octanol–water partition coefficient (Wildman–Crippen LogP) is 1.53. The van der Waals surface area contributed by atoms with Gasteiger partial charge in [0.05, 0.1) is 17.3 Å². The monoisotopic (exact) mass is 311 g/mol. The number of aromatic amines is 2. The predicted molar refractivity (Wildman–Crippen MR) is 85.4 cm³/mol. The van der Waals surface area contributed by atoms with Crippen LogP contribution in [0.25, 0.3) is 16.8 Å². The van der Waals surface area contributed by atoms with Crippen LogP contribution in [0.15, 0.2) is 34.1 Å². The standard InChI is InChI=1S/C16H17N5O2/c1-8(2)9-5-10(9)11-6-13(20-21-14(11)3-4-18-21)12-7-17-16(23)19-15(12)22/h3-4,6-10H,5H2,1-2H3,(H2,17,19,22,23). The Morgan fingerprint density at radius 1 is 1.35 bits per heavy atom. The van der Waals surface area contributed by atoms with Crippen molar-refractivity contribution in [2.24, 2.45) is 11.8 Å². The van der Waals surface area contributed by atoms with Crippen molar-refractivity contribution >= 4 is 5.52 Å². The van der Waals surface area contributed by atoms with Crippen LogP contribution in [0.2, 0.25) is 0 Å². The molecule has 23 heavy (non-hydrogen) atoms. The summed E-state index contributed by atoms with van der Waals surface area (Å²) in [4.78, 5) is 28.0. The van der Waals surface area contributed by atoms with Crippen molar-refractivity contribution < 1.29 is 0 Å². The number of fused-ring (bicyclic) bond motifs is 1. The van der Waals surface area contributed by atoms with Crippen LogP contribution >= 0.6 is 0 Å². The Morgan fingerprint density at radius 3 is 2.87 bits per heavy atom. The Balaban J connectivity index is 1.89. The van der Waals surface area contributed by atoms with Crippen LogP contribution in [0.4, 0.5) is 0 Å². The first-order valence-electron chi connectivity index (χ1n) is 7.72. The topological polar surface area (TPSA) is 95.9 Å². The van der Waals surface area contributed by atoms with E-state index < -0.39 is 11.2 Å². The van der Waals surface area contributed by atoms with E-state index in [-0.39, 0.29) is 0 Å². The van der Waals surface area contributed by atoms with Crippen LogP contribution < -0.4 is 11.2 Å². The van der Waals surface area contributed by atoms with Crippen LogP contribution in [-0.4, -0.2) is 24.8 Å². The van der Waals surface area contributed by atoms with Gasteiger partial charge < -0.3 is 4.98 Å². The second kappa shape index (κ2) is 4.91. The lowest BCUT2D eigenvalue weighted by Gasteiger charge is -2.08. The number of rotatable bonds is 3. The van der Waals surface area contributed by atoms with Crippen molar-refractivity contribution in [1.82, 2.24) is 24.8 Å². The second-order valence-electron chi connectivity index (χ2n) is 6.43. The summed E-state index contributed by atoms with van der Waals surface area (Å²) in [6.45, 7) is 4.46. The van der Waals surface area contributed by atoms with Gasteiger partial charge >= 0.3 is 5.69 Å². The van der Waals surface area contributed by atoms with Gasteiger partial charge in [0.25, 0.3) is 5.56 Å². The maximum atomic E-state index is 12.0. The zero-order valence-corrected chi connectivity index (χ0v) is 12.9. The van der Waals surface area contributed by atoms with Crippen molar-refractivity contribution in [2.45, 2.75) is 26.2 Å². The molecule has 3 aromatic rings. The number of nitrogens with one attached hydrogen (secondary N) is 2. The van der Waals surface area contributed by atoms with Gasteiger partial charge in [-0.1, -0.05) is 13.8 Å². The van der Waals surface area contributed by atoms with E-state index in [0.717, 1.165) is 17.5 Å². The summed E-state index contributed by atoms with van der Waals surface area (Å²) < 4.78 is 1.56. The molecule has 1 aliphatic rings. The highest BCUT2D eigenvalue weighted by molar-refractivity contribution is 5.64. The Morgan fingerprint density at radius 2 is 2.17 bits per heavy atom. The molecule has 3 heterocycles. The van der Waals surface area contributed by atoms with E-state index in [1.54, 1.807) is 10.8 Å². The minimum Gasteiger partial charge on any atom is -0.313 e. The normalized spacial score (nSPS) is 20.3. The van der Waals surface area contributed by atoms with E-state index in [1.807, 2.05) is 12.1 Å². The van der Waals surface area contributed by atoms with Gasteiger partial charge in [-0.25, -0.2) is 4.79 Å². The summed E-state index contributed by atoms with van der Waals surface area (Å²) in [7, 11) is 0. The van der Waals surface area contributed by atoms with Crippen LogP contribution in [0.3, 0.4) is 0 Å². The van der Waals surface area contributed by atoms with Crippen molar-refractivity contribution in [3.63, 3.8) is 0 Å². The molecular formula is C16H17N5O2. The molecule has 3 aromatic heterocycles. The zero-order valence-electron chi connectivity index (χ0n) is 12.9. The van der Waals surface area contributed by atoms with Gasteiger partial charge in [-0.3, -0.25) is 9.78 Å². The summed E-state index contributed by atoms with van der Waals surface area (Å²) in [5.74, 6) is 1.74. The number of hydrogen-bond acceptors (Lipinski definition) is 4. The fraction of sp³-hybridized carbons (Fsp3) is 0.375. The van der Waals surface area contributed by atoms with Gasteiger partial charge in [-0.05, 0) is 41.9 Å². The Hall–Kier alpha value is -2.70. The Kier molecular flexibility index (Phi) is 2.97. The quantitative estimate of drug-likeness (QED) is 0.766. The summed E-state index contributed by atoms with van der Waals surface area (Å²) in [6, 6.07) is 3.89. The summed E-state index contributed by atoms with van der Waals surface area (Å²) >= 11 is 0. The molecule has 1 fully saturated rings. The molecule has 1 aliphatic carbocycles. The molecule has 4 rings (SSSR count). The molecule has 0 radical (unpaired) electrons. The molecule has 7 heteroatoms. The second-order valence-corrected chi connectivity index (χ2v) is 6.43. The SMILES string of the molecule is CC(C)C1CC1c1cc(-c2c[nH]c(=O)[nH]c2=O)nn2nccc12. The molecule has 118 valence electrons. The highest BCUT2D eigenvalue weighted by Gasteiger charge is 2.41. The third kappa shape index (κ3) is 2.28. The van der Waals surface area contributed by atoms with Gasteiger partial charge in [-0.15, -0.1) is 5.10 Å². The van der Waals surface area contributed by atoms with Gasteiger partial charge in [0, 0.05) is 6.20 Å². The average molecular weight is 311 g/mol. The first kappa shape index (κ1) is 13.9. The lowest BCUT2D eigenvalue weighted by Crippen LogP contribution is -2.23. The first-order chi connectivity index (χ1) is 11.0. The van der Waals surface area contributed by atoms with Crippen molar-refractivity contribution in [3.8, 4) is 11.3 Å². The number of H-pyrrole nitrogens is 2. The van der Waals surface area contributed by atoms with Gasteiger partial charge in [0.2, 0.25) is 0 Å². The maximum absolute atomic E-state index is 12.0. The zero-order chi connectivity index (χ0) is 16.1. The molecule has 7 nitrogen and oxygen atoms in total. The number of nitrogens with zero attached hydrogens (tertiary/aromatic N) is 3. The van der Waals surface area contributed by atoms with E-state index in [4.69, 9.17) is 0 Å². The van der Waals surface area contributed by atoms with E-state index in [9.17, 15) is 9.59 Å². The highest BCUT2D eigenvalue weighted by Crippen LogP contribution is 2.52. The van der Waals surface area contributed by atoms with Gasteiger partial charge in [-0.2, -0.15) is 9.73 Å². The highest BCUT2D eigenvalue weighted by atomic mass is 16.2.